The molecule has 3 rings (SSSR count). The predicted octanol–water partition coefficient (Wildman–Crippen LogP) is 4.61. The Bertz CT molecular complexity index is 952. The van der Waals surface area contributed by atoms with E-state index in [-0.39, 0.29) is 20.7 Å². The lowest BCUT2D eigenvalue weighted by atomic mass is 10.2. The normalized spacial score (nSPS) is 16.6. The molecule has 0 radical (unpaired) electrons. The first-order chi connectivity index (χ1) is 12.2. The van der Waals surface area contributed by atoms with Crippen molar-refractivity contribution in [3.63, 3.8) is 0 Å². The summed E-state index contributed by atoms with van der Waals surface area (Å²) >= 11 is 5.94. The Balaban J connectivity index is 1.92. The van der Waals surface area contributed by atoms with Crippen LogP contribution in [0, 0.1) is 10.1 Å². The molecule has 134 valence electrons. The summed E-state index contributed by atoms with van der Waals surface area (Å²) in [5.41, 5.74) is -0.925. The van der Waals surface area contributed by atoms with Crippen molar-refractivity contribution in [3.05, 3.63) is 62.7 Å². The molecule has 1 fully saturated rings. The van der Waals surface area contributed by atoms with E-state index in [1.807, 2.05) is 0 Å². The van der Waals surface area contributed by atoms with E-state index in [0.717, 1.165) is 34.9 Å². The lowest BCUT2D eigenvalue weighted by Gasteiger charge is -2.16. The van der Waals surface area contributed by atoms with Crippen LogP contribution in [0.15, 0.2) is 45.7 Å². The molecular weight excluding hydrogens is 393 g/mol. The van der Waals surface area contributed by atoms with Crippen LogP contribution in [-0.2, 0) is 11.0 Å². The van der Waals surface area contributed by atoms with E-state index in [1.54, 1.807) is 0 Å². The van der Waals surface area contributed by atoms with Gasteiger partial charge in [-0.2, -0.15) is 13.2 Å². The highest BCUT2D eigenvalue weighted by Crippen LogP contribution is 2.38. The predicted molar refractivity (Wildman–Crippen MR) is 92.5 cm³/mol. The second kappa shape index (κ2) is 6.57. The second-order valence-corrected chi connectivity index (χ2v) is 6.67. The third-order valence-corrected chi connectivity index (χ3v) is 4.59. The summed E-state index contributed by atoms with van der Waals surface area (Å²) in [6.45, 7) is 0. The van der Waals surface area contributed by atoms with Crippen molar-refractivity contribution in [2.75, 3.05) is 4.90 Å². The van der Waals surface area contributed by atoms with Gasteiger partial charge in [-0.25, -0.2) is 0 Å². The van der Waals surface area contributed by atoms with Gasteiger partial charge >= 0.3 is 12.1 Å². The van der Waals surface area contributed by atoms with Gasteiger partial charge in [-0.15, -0.1) is 0 Å². The van der Waals surface area contributed by atoms with Gasteiger partial charge in [0.2, 0.25) is 0 Å². The number of thioether (sulfide) groups is 1. The Labute approximate surface area is 153 Å². The summed E-state index contributed by atoms with van der Waals surface area (Å²) < 4.78 is 43.6. The van der Waals surface area contributed by atoms with Gasteiger partial charge in [0.25, 0.3) is 5.91 Å². The van der Waals surface area contributed by atoms with E-state index in [1.165, 1.54) is 24.3 Å². The zero-order chi connectivity index (χ0) is 19.1. The molecule has 0 unspecified atom stereocenters. The molecule has 26 heavy (non-hydrogen) atoms. The summed E-state index contributed by atoms with van der Waals surface area (Å²) in [6.07, 6.45) is -3.31. The van der Waals surface area contributed by atoms with Crippen LogP contribution in [-0.4, -0.2) is 15.2 Å². The summed E-state index contributed by atoms with van der Waals surface area (Å²) in [6, 6.07) is 6.65. The summed E-state index contributed by atoms with van der Waals surface area (Å²) in [7, 11) is 0. The molecule has 0 aliphatic carbocycles. The van der Waals surface area contributed by atoms with Crippen LogP contribution in [0.4, 0.5) is 24.7 Å². The van der Waals surface area contributed by atoms with Gasteiger partial charge in [-0.1, -0.05) is 30.0 Å². The molecule has 1 saturated heterocycles. The van der Waals surface area contributed by atoms with Crippen molar-refractivity contribution < 1.29 is 27.3 Å². The minimum atomic E-state index is -4.56. The number of carbonyl (C=O) groups excluding carboxylic acids is 1. The lowest BCUT2D eigenvalue weighted by molar-refractivity contribution is -0.402. The standard InChI is InChI=1S/C15H7F3N2O4S2/c16-15(17,18)8-2-1-3-9(6-8)19-13(21)11(26-14(19)25)7-10-4-5-12(24-10)20(22)23/h1-7H/b11-7-. The molecule has 2 heterocycles. The number of furan rings is 1. The summed E-state index contributed by atoms with van der Waals surface area (Å²) in [5, 5.41) is 10.6. The Morgan fingerprint density at radius 1 is 1.27 bits per heavy atom. The first-order valence-corrected chi connectivity index (χ1v) is 8.09. The van der Waals surface area contributed by atoms with Crippen molar-refractivity contribution in [3.8, 4) is 0 Å². The molecule has 1 aliphatic heterocycles. The van der Waals surface area contributed by atoms with Gasteiger partial charge in [0.05, 0.1) is 22.2 Å². The number of amides is 1. The maximum atomic E-state index is 12.9. The number of carbonyl (C=O) groups is 1. The van der Waals surface area contributed by atoms with Crippen molar-refractivity contribution in [2.45, 2.75) is 6.18 Å². The highest BCUT2D eigenvalue weighted by Gasteiger charge is 2.36. The van der Waals surface area contributed by atoms with Gasteiger partial charge in [0, 0.05) is 6.08 Å². The highest BCUT2D eigenvalue weighted by molar-refractivity contribution is 8.27. The van der Waals surface area contributed by atoms with Gasteiger partial charge in [-0.3, -0.25) is 19.8 Å². The van der Waals surface area contributed by atoms with Gasteiger partial charge in [0.1, 0.15) is 10.7 Å². The minimum absolute atomic E-state index is 0.0175. The molecule has 1 aliphatic rings. The van der Waals surface area contributed by atoms with E-state index >= 15 is 0 Å². The van der Waals surface area contributed by atoms with E-state index in [2.05, 4.69) is 0 Å². The maximum absolute atomic E-state index is 12.9. The van der Waals surface area contributed by atoms with E-state index in [0.29, 0.717) is 0 Å². The van der Waals surface area contributed by atoms with E-state index < -0.39 is 28.5 Å². The van der Waals surface area contributed by atoms with Gasteiger partial charge < -0.3 is 4.42 Å². The minimum Gasteiger partial charge on any atom is -0.401 e. The summed E-state index contributed by atoms with van der Waals surface area (Å²) in [5.74, 6) is -1.08. The average Bonchev–Trinajstić information content (AvgIpc) is 3.12. The van der Waals surface area contributed by atoms with Crippen molar-refractivity contribution >= 4 is 51.9 Å². The SMILES string of the molecule is O=C1/C(=C/c2ccc([N+](=O)[O-])o2)SC(=S)N1c1cccc(C(F)(F)F)c1. The molecule has 1 amide bonds. The number of anilines is 1. The van der Waals surface area contributed by atoms with Crippen LogP contribution in [0.5, 0.6) is 0 Å². The van der Waals surface area contributed by atoms with Crippen LogP contribution in [0.2, 0.25) is 0 Å². The third kappa shape index (κ3) is 3.48. The van der Waals surface area contributed by atoms with Crippen LogP contribution in [0.25, 0.3) is 6.08 Å². The number of alkyl halides is 3. The highest BCUT2D eigenvalue weighted by atomic mass is 32.2. The number of hydrogen-bond acceptors (Lipinski definition) is 6. The topological polar surface area (TPSA) is 76.6 Å². The Hall–Kier alpha value is -2.66. The van der Waals surface area contributed by atoms with Gasteiger partial charge in [0.15, 0.2) is 4.32 Å². The zero-order valence-electron chi connectivity index (χ0n) is 12.5. The molecule has 0 saturated carbocycles. The maximum Gasteiger partial charge on any atom is 0.433 e. The summed E-state index contributed by atoms with van der Waals surface area (Å²) in [4.78, 5) is 23.5. The number of hydrogen-bond donors (Lipinski definition) is 0. The zero-order valence-corrected chi connectivity index (χ0v) is 14.2. The molecule has 2 aromatic rings. The van der Waals surface area contributed by atoms with Crippen LogP contribution < -0.4 is 4.90 Å². The second-order valence-electron chi connectivity index (χ2n) is 5.00. The van der Waals surface area contributed by atoms with Crippen molar-refractivity contribution in [1.29, 1.82) is 0 Å². The fourth-order valence-corrected chi connectivity index (χ4v) is 3.44. The molecule has 11 heteroatoms. The van der Waals surface area contributed by atoms with E-state index in [9.17, 15) is 28.1 Å². The molecule has 0 atom stereocenters. The smallest absolute Gasteiger partial charge is 0.401 e. The quantitative estimate of drug-likeness (QED) is 0.324. The molecule has 0 bridgehead atoms. The number of thiocarbonyl (C=S) groups is 1. The molecule has 1 aromatic carbocycles. The molecule has 0 N–H and O–H groups in total. The Morgan fingerprint density at radius 2 is 2.00 bits per heavy atom. The number of benzene rings is 1. The Kier molecular flexibility index (Phi) is 4.59. The molecule has 6 nitrogen and oxygen atoms in total. The Morgan fingerprint density at radius 3 is 2.62 bits per heavy atom. The monoisotopic (exact) mass is 400 g/mol. The number of nitro groups is 1. The van der Waals surface area contributed by atoms with Crippen molar-refractivity contribution in [1.82, 2.24) is 0 Å². The number of halogens is 3. The van der Waals surface area contributed by atoms with Crippen LogP contribution in [0.1, 0.15) is 11.3 Å². The lowest BCUT2D eigenvalue weighted by Crippen LogP contribution is -2.27. The van der Waals surface area contributed by atoms with Crippen molar-refractivity contribution in [2.24, 2.45) is 0 Å². The molecular formula is C15H7F3N2O4S2. The van der Waals surface area contributed by atoms with Crippen LogP contribution >= 0.6 is 24.0 Å². The van der Waals surface area contributed by atoms with E-state index in [4.69, 9.17) is 16.6 Å². The number of nitrogens with zero attached hydrogens (tertiary/aromatic N) is 2. The first-order valence-electron chi connectivity index (χ1n) is 6.86. The average molecular weight is 400 g/mol. The van der Waals surface area contributed by atoms with Gasteiger partial charge in [-0.05, 0) is 24.3 Å². The fraction of sp³-hybridized carbons (Fsp3) is 0.0667. The largest absolute Gasteiger partial charge is 0.433 e. The first kappa shape index (κ1) is 18.1. The third-order valence-electron chi connectivity index (χ3n) is 3.29. The molecule has 1 aromatic heterocycles. The number of rotatable bonds is 3. The fourth-order valence-electron chi connectivity index (χ4n) is 2.16. The van der Waals surface area contributed by atoms with Crippen LogP contribution in [0.3, 0.4) is 0 Å². The molecule has 0 spiro atoms.